The third-order valence-corrected chi connectivity index (χ3v) is 2.10. The molecule has 0 unspecified atom stereocenters. The highest BCUT2D eigenvalue weighted by Gasteiger charge is 2.13. The van der Waals surface area contributed by atoms with Gasteiger partial charge in [-0.3, -0.25) is 9.69 Å². The average Bonchev–Trinajstić information content (AvgIpc) is 2.16. The number of nitrogens with zero attached hydrogens (tertiary/aromatic N) is 1. The van der Waals surface area contributed by atoms with Crippen LogP contribution >= 0.6 is 12.6 Å². The number of hydrogen-bond acceptors (Lipinski definition) is 5. The van der Waals surface area contributed by atoms with E-state index in [4.69, 9.17) is 4.74 Å². The molecule has 4 nitrogen and oxygen atoms in total. The van der Waals surface area contributed by atoms with Gasteiger partial charge < -0.3 is 10.1 Å². The SMILES string of the molecule is O=C(CN1CCNCC1)OCCS. The van der Waals surface area contributed by atoms with E-state index in [0.717, 1.165) is 26.2 Å². The minimum atomic E-state index is -0.143. The molecule has 13 heavy (non-hydrogen) atoms. The molecule has 0 atom stereocenters. The van der Waals surface area contributed by atoms with Gasteiger partial charge >= 0.3 is 5.97 Å². The first-order valence-corrected chi connectivity index (χ1v) is 5.15. The van der Waals surface area contributed by atoms with Gasteiger partial charge in [0, 0.05) is 31.9 Å². The van der Waals surface area contributed by atoms with Crippen molar-refractivity contribution < 1.29 is 9.53 Å². The Morgan fingerprint density at radius 3 is 2.77 bits per heavy atom. The van der Waals surface area contributed by atoms with Crippen molar-refractivity contribution in [3.8, 4) is 0 Å². The lowest BCUT2D eigenvalue weighted by molar-refractivity contribution is -0.144. The Morgan fingerprint density at radius 2 is 2.15 bits per heavy atom. The van der Waals surface area contributed by atoms with Gasteiger partial charge in [-0.1, -0.05) is 0 Å². The standard InChI is InChI=1S/C8H16N2O2S/c11-8(12-5-6-13)7-10-3-1-9-2-4-10/h9,13H,1-7H2. The maximum atomic E-state index is 11.2. The quantitative estimate of drug-likeness (QED) is 0.472. The molecule has 0 aromatic heterocycles. The smallest absolute Gasteiger partial charge is 0.320 e. The molecular weight excluding hydrogens is 188 g/mol. The van der Waals surface area contributed by atoms with E-state index in [-0.39, 0.29) is 5.97 Å². The van der Waals surface area contributed by atoms with Crippen molar-refractivity contribution in [2.45, 2.75) is 0 Å². The maximum Gasteiger partial charge on any atom is 0.320 e. The Balaban J connectivity index is 2.11. The molecule has 0 spiro atoms. The fourth-order valence-electron chi connectivity index (χ4n) is 1.26. The van der Waals surface area contributed by atoms with Gasteiger partial charge in [0.05, 0.1) is 6.54 Å². The fourth-order valence-corrected chi connectivity index (χ4v) is 1.35. The predicted molar refractivity (Wildman–Crippen MR) is 54.1 cm³/mol. The Morgan fingerprint density at radius 1 is 1.46 bits per heavy atom. The van der Waals surface area contributed by atoms with Gasteiger partial charge in [0.2, 0.25) is 0 Å². The Labute approximate surface area is 84.0 Å². The van der Waals surface area contributed by atoms with Crippen molar-refractivity contribution in [1.82, 2.24) is 10.2 Å². The molecule has 0 radical (unpaired) electrons. The first-order chi connectivity index (χ1) is 6.33. The molecule has 1 rings (SSSR count). The van der Waals surface area contributed by atoms with Crippen LogP contribution in [-0.4, -0.2) is 56.0 Å². The van der Waals surface area contributed by atoms with Gasteiger partial charge in [-0.2, -0.15) is 12.6 Å². The van der Waals surface area contributed by atoms with Crippen LogP contribution in [-0.2, 0) is 9.53 Å². The summed E-state index contributed by atoms with van der Waals surface area (Å²) in [6, 6.07) is 0. The summed E-state index contributed by atoms with van der Waals surface area (Å²) in [4.78, 5) is 13.2. The molecule has 0 aromatic rings. The lowest BCUT2D eigenvalue weighted by atomic mass is 10.3. The second kappa shape index (κ2) is 6.23. The summed E-state index contributed by atoms with van der Waals surface area (Å²) in [5.41, 5.74) is 0. The molecule has 0 aliphatic carbocycles. The van der Waals surface area contributed by atoms with E-state index < -0.39 is 0 Å². The zero-order valence-electron chi connectivity index (χ0n) is 7.66. The van der Waals surface area contributed by atoms with Crippen molar-refractivity contribution in [2.75, 3.05) is 45.1 Å². The van der Waals surface area contributed by atoms with Crippen LogP contribution in [0.5, 0.6) is 0 Å². The number of piperazine rings is 1. The zero-order chi connectivity index (χ0) is 9.52. The minimum absolute atomic E-state index is 0.143. The third-order valence-electron chi connectivity index (χ3n) is 1.92. The summed E-state index contributed by atoms with van der Waals surface area (Å²) < 4.78 is 4.92. The third kappa shape index (κ3) is 4.50. The molecular formula is C8H16N2O2S. The van der Waals surface area contributed by atoms with Crippen LogP contribution in [0, 0.1) is 0 Å². The van der Waals surface area contributed by atoms with Crippen LogP contribution < -0.4 is 5.32 Å². The van der Waals surface area contributed by atoms with Crippen LogP contribution in [0.2, 0.25) is 0 Å². The molecule has 1 heterocycles. The summed E-state index contributed by atoms with van der Waals surface area (Å²) in [5, 5.41) is 3.23. The molecule has 0 aromatic carbocycles. The second-order valence-electron chi connectivity index (χ2n) is 2.97. The molecule has 5 heteroatoms. The first kappa shape index (κ1) is 10.8. The average molecular weight is 204 g/mol. The number of carbonyl (C=O) groups is 1. The minimum Gasteiger partial charge on any atom is -0.464 e. The van der Waals surface area contributed by atoms with Crippen molar-refractivity contribution in [1.29, 1.82) is 0 Å². The van der Waals surface area contributed by atoms with Crippen LogP contribution in [0.15, 0.2) is 0 Å². The number of ether oxygens (including phenoxy) is 1. The lowest BCUT2D eigenvalue weighted by Crippen LogP contribution is -2.45. The summed E-state index contributed by atoms with van der Waals surface area (Å²) in [5.74, 6) is 0.448. The molecule has 1 saturated heterocycles. The lowest BCUT2D eigenvalue weighted by Gasteiger charge is -2.25. The summed E-state index contributed by atoms with van der Waals surface area (Å²) in [6.07, 6.45) is 0. The highest BCUT2D eigenvalue weighted by Crippen LogP contribution is 1.93. The van der Waals surface area contributed by atoms with Crippen LogP contribution in [0.1, 0.15) is 0 Å². The molecule has 1 fully saturated rings. The first-order valence-electron chi connectivity index (χ1n) is 4.52. The van der Waals surface area contributed by atoms with E-state index >= 15 is 0 Å². The van der Waals surface area contributed by atoms with Gasteiger partial charge in [0.15, 0.2) is 0 Å². The molecule has 76 valence electrons. The Kier molecular flexibility index (Phi) is 5.19. The van der Waals surface area contributed by atoms with E-state index in [0.29, 0.717) is 18.9 Å². The normalized spacial score (nSPS) is 18.5. The summed E-state index contributed by atoms with van der Waals surface area (Å²) >= 11 is 3.96. The summed E-state index contributed by atoms with van der Waals surface area (Å²) in [7, 11) is 0. The maximum absolute atomic E-state index is 11.2. The van der Waals surface area contributed by atoms with Gasteiger partial charge in [0.1, 0.15) is 6.61 Å². The molecule has 0 amide bonds. The molecule has 0 bridgehead atoms. The number of rotatable bonds is 4. The number of esters is 1. The van der Waals surface area contributed by atoms with Crippen LogP contribution in [0.4, 0.5) is 0 Å². The largest absolute Gasteiger partial charge is 0.464 e. The van der Waals surface area contributed by atoms with Crippen molar-refractivity contribution in [3.05, 3.63) is 0 Å². The van der Waals surface area contributed by atoms with E-state index in [1.54, 1.807) is 0 Å². The molecule has 1 aliphatic heterocycles. The highest BCUT2D eigenvalue weighted by molar-refractivity contribution is 7.80. The van der Waals surface area contributed by atoms with Crippen molar-refractivity contribution in [2.24, 2.45) is 0 Å². The van der Waals surface area contributed by atoms with Crippen LogP contribution in [0.3, 0.4) is 0 Å². The van der Waals surface area contributed by atoms with Crippen molar-refractivity contribution in [3.63, 3.8) is 0 Å². The van der Waals surface area contributed by atoms with Gasteiger partial charge in [-0.15, -0.1) is 0 Å². The highest BCUT2D eigenvalue weighted by atomic mass is 32.1. The number of nitrogens with one attached hydrogen (secondary N) is 1. The van der Waals surface area contributed by atoms with Crippen LogP contribution in [0.25, 0.3) is 0 Å². The molecule has 0 saturated carbocycles. The van der Waals surface area contributed by atoms with Gasteiger partial charge in [-0.25, -0.2) is 0 Å². The Bertz CT molecular complexity index is 160. The second-order valence-corrected chi connectivity index (χ2v) is 3.42. The Hall–Kier alpha value is -0.260. The topological polar surface area (TPSA) is 41.6 Å². The van der Waals surface area contributed by atoms with E-state index in [1.807, 2.05) is 0 Å². The van der Waals surface area contributed by atoms with Crippen molar-refractivity contribution >= 4 is 18.6 Å². The number of hydrogen-bond donors (Lipinski definition) is 2. The number of thiol groups is 1. The zero-order valence-corrected chi connectivity index (χ0v) is 8.56. The van der Waals surface area contributed by atoms with Gasteiger partial charge in [-0.05, 0) is 0 Å². The predicted octanol–water partition coefficient (Wildman–Crippen LogP) is -0.635. The van der Waals surface area contributed by atoms with E-state index in [1.165, 1.54) is 0 Å². The molecule has 1 N–H and O–H groups in total. The number of carbonyl (C=O) groups excluding carboxylic acids is 1. The summed E-state index contributed by atoms with van der Waals surface area (Å²) in [6.45, 7) is 4.59. The van der Waals surface area contributed by atoms with E-state index in [2.05, 4.69) is 22.8 Å². The monoisotopic (exact) mass is 204 g/mol. The molecule has 1 aliphatic rings. The van der Waals surface area contributed by atoms with Gasteiger partial charge in [0.25, 0.3) is 0 Å². The fraction of sp³-hybridized carbons (Fsp3) is 0.875. The van der Waals surface area contributed by atoms with E-state index in [9.17, 15) is 4.79 Å².